The van der Waals surface area contributed by atoms with Gasteiger partial charge in [-0.2, -0.15) is 0 Å². The standard InChI is InChI=1S/C10H11O2/c11-10(12)8-4-7-9-5-2-1-3-6-9/h1-3,5-7H,4,8H2,(H,11,12). The van der Waals surface area contributed by atoms with E-state index < -0.39 is 5.97 Å². The summed E-state index contributed by atoms with van der Waals surface area (Å²) >= 11 is 0. The molecule has 1 aromatic carbocycles. The van der Waals surface area contributed by atoms with E-state index in [1.165, 1.54) is 0 Å². The summed E-state index contributed by atoms with van der Waals surface area (Å²) in [6.07, 6.45) is 2.72. The second kappa shape index (κ2) is 4.54. The molecule has 63 valence electrons. The molecule has 12 heavy (non-hydrogen) atoms. The summed E-state index contributed by atoms with van der Waals surface area (Å²) in [5, 5.41) is 8.37. The molecule has 0 aliphatic carbocycles. The summed E-state index contributed by atoms with van der Waals surface area (Å²) in [6.45, 7) is 0. The molecule has 0 spiro atoms. The predicted octanol–water partition coefficient (Wildman–Crippen LogP) is 2.10. The number of benzene rings is 1. The molecule has 0 heterocycles. The topological polar surface area (TPSA) is 37.3 Å². The van der Waals surface area contributed by atoms with Crippen molar-refractivity contribution < 1.29 is 9.90 Å². The SMILES string of the molecule is O=C(O)CC[CH]c1ccccc1. The molecule has 1 radical (unpaired) electrons. The fourth-order valence-corrected chi connectivity index (χ4v) is 0.951. The van der Waals surface area contributed by atoms with Crippen molar-refractivity contribution in [3.63, 3.8) is 0 Å². The van der Waals surface area contributed by atoms with Crippen LogP contribution in [0.3, 0.4) is 0 Å². The summed E-state index contributed by atoms with van der Waals surface area (Å²) in [7, 11) is 0. The van der Waals surface area contributed by atoms with Crippen molar-refractivity contribution in [2.75, 3.05) is 0 Å². The van der Waals surface area contributed by atoms with Gasteiger partial charge < -0.3 is 5.11 Å². The molecule has 1 rings (SSSR count). The van der Waals surface area contributed by atoms with Crippen LogP contribution in [0.2, 0.25) is 0 Å². The molecule has 0 amide bonds. The number of aliphatic carboxylic acids is 1. The van der Waals surface area contributed by atoms with Crippen LogP contribution in [0, 0.1) is 6.42 Å². The fourth-order valence-electron chi connectivity index (χ4n) is 0.951. The lowest BCUT2D eigenvalue weighted by atomic mass is 10.1. The first-order chi connectivity index (χ1) is 5.79. The van der Waals surface area contributed by atoms with E-state index in [0.717, 1.165) is 5.56 Å². The van der Waals surface area contributed by atoms with E-state index in [2.05, 4.69) is 0 Å². The number of carboxylic acids is 1. The maximum absolute atomic E-state index is 10.2. The van der Waals surface area contributed by atoms with Gasteiger partial charge in [0.15, 0.2) is 0 Å². The summed E-state index contributed by atoms with van der Waals surface area (Å²) in [4.78, 5) is 10.2. The summed E-state index contributed by atoms with van der Waals surface area (Å²) < 4.78 is 0. The molecular formula is C10H11O2. The van der Waals surface area contributed by atoms with Gasteiger partial charge in [0, 0.05) is 6.42 Å². The molecule has 0 unspecified atom stereocenters. The molecule has 0 atom stereocenters. The highest BCUT2D eigenvalue weighted by atomic mass is 16.4. The van der Waals surface area contributed by atoms with Gasteiger partial charge in [-0.1, -0.05) is 30.3 Å². The average Bonchev–Trinajstić information content (AvgIpc) is 2.05. The van der Waals surface area contributed by atoms with E-state index in [1.807, 2.05) is 36.8 Å². The van der Waals surface area contributed by atoms with Gasteiger partial charge in [0.05, 0.1) is 0 Å². The van der Waals surface area contributed by atoms with Crippen LogP contribution in [0.5, 0.6) is 0 Å². The van der Waals surface area contributed by atoms with Crippen LogP contribution < -0.4 is 0 Å². The Morgan fingerprint density at radius 1 is 1.33 bits per heavy atom. The Labute approximate surface area is 71.8 Å². The minimum atomic E-state index is -0.748. The lowest BCUT2D eigenvalue weighted by Gasteiger charge is -1.96. The predicted molar refractivity (Wildman–Crippen MR) is 46.7 cm³/mol. The monoisotopic (exact) mass is 163 g/mol. The Morgan fingerprint density at radius 3 is 2.58 bits per heavy atom. The van der Waals surface area contributed by atoms with Gasteiger partial charge in [0.25, 0.3) is 0 Å². The van der Waals surface area contributed by atoms with Crippen LogP contribution in [-0.4, -0.2) is 11.1 Å². The number of carbonyl (C=O) groups is 1. The zero-order chi connectivity index (χ0) is 8.81. The second-order valence-electron chi connectivity index (χ2n) is 2.55. The van der Waals surface area contributed by atoms with Gasteiger partial charge in [-0.15, -0.1) is 0 Å². The van der Waals surface area contributed by atoms with Crippen LogP contribution in [0.1, 0.15) is 18.4 Å². The first-order valence-electron chi connectivity index (χ1n) is 3.89. The third-order valence-corrected chi connectivity index (χ3v) is 1.54. The van der Waals surface area contributed by atoms with Gasteiger partial charge in [-0.25, -0.2) is 0 Å². The molecule has 0 aliphatic rings. The first-order valence-corrected chi connectivity index (χ1v) is 3.89. The van der Waals surface area contributed by atoms with Gasteiger partial charge >= 0.3 is 5.97 Å². The number of carboxylic acid groups (broad SMARTS) is 1. The van der Waals surface area contributed by atoms with Crippen molar-refractivity contribution in [2.45, 2.75) is 12.8 Å². The van der Waals surface area contributed by atoms with Gasteiger partial charge in [0.2, 0.25) is 0 Å². The van der Waals surface area contributed by atoms with Crippen LogP contribution in [-0.2, 0) is 4.79 Å². The summed E-state index contributed by atoms with van der Waals surface area (Å²) in [6, 6.07) is 9.73. The highest BCUT2D eigenvalue weighted by Gasteiger charge is 1.97. The van der Waals surface area contributed by atoms with Gasteiger partial charge in [-0.3, -0.25) is 4.79 Å². The zero-order valence-electron chi connectivity index (χ0n) is 6.73. The quantitative estimate of drug-likeness (QED) is 0.738. The van der Waals surface area contributed by atoms with Crippen molar-refractivity contribution in [3.8, 4) is 0 Å². The van der Waals surface area contributed by atoms with Gasteiger partial charge in [0.1, 0.15) is 0 Å². The Bertz CT molecular complexity index is 241. The third-order valence-electron chi connectivity index (χ3n) is 1.54. The third kappa shape index (κ3) is 3.19. The van der Waals surface area contributed by atoms with Crippen LogP contribution in [0.15, 0.2) is 30.3 Å². The van der Waals surface area contributed by atoms with Crippen LogP contribution >= 0.6 is 0 Å². The Morgan fingerprint density at radius 2 is 2.00 bits per heavy atom. The van der Waals surface area contributed by atoms with E-state index in [1.54, 1.807) is 0 Å². The smallest absolute Gasteiger partial charge is 0.303 e. The van der Waals surface area contributed by atoms with Crippen molar-refractivity contribution >= 4 is 5.97 Å². The minimum Gasteiger partial charge on any atom is -0.481 e. The lowest BCUT2D eigenvalue weighted by molar-refractivity contribution is -0.136. The molecule has 0 aliphatic heterocycles. The molecule has 1 N–H and O–H groups in total. The van der Waals surface area contributed by atoms with Crippen LogP contribution in [0.4, 0.5) is 0 Å². The van der Waals surface area contributed by atoms with E-state index in [0.29, 0.717) is 6.42 Å². The highest BCUT2D eigenvalue weighted by molar-refractivity contribution is 5.66. The normalized spacial score (nSPS) is 9.67. The largest absolute Gasteiger partial charge is 0.481 e. The van der Waals surface area contributed by atoms with E-state index in [4.69, 9.17) is 5.11 Å². The van der Waals surface area contributed by atoms with Crippen LogP contribution in [0.25, 0.3) is 0 Å². The van der Waals surface area contributed by atoms with E-state index >= 15 is 0 Å². The fraction of sp³-hybridized carbons (Fsp3) is 0.200. The molecule has 0 saturated carbocycles. The van der Waals surface area contributed by atoms with E-state index in [9.17, 15) is 4.79 Å². The molecule has 0 bridgehead atoms. The molecule has 0 fully saturated rings. The molecule has 2 heteroatoms. The molecular weight excluding hydrogens is 152 g/mol. The minimum absolute atomic E-state index is 0.203. The van der Waals surface area contributed by atoms with Gasteiger partial charge in [-0.05, 0) is 18.4 Å². The lowest BCUT2D eigenvalue weighted by Crippen LogP contribution is -1.94. The van der Waals surface area contributed by atoms with Crippen molar-refractivity contribution in [3.05, 3.63) is 42.3 Å². The molecule has 0 saturated heterocycles. The number of rotatable bonds is 4. The zero-order valence-corrected chi connectivity index (χ0v) is 6.73. The Balaban J connectivity index is 2.29. The van der Waals surface area contributed by atoms with E-state index in [-0.39, 0.29) is 6.42 Å². The average molecular weight is 163 g/mol. The Kier molecular flexibility index (Phi) is 3.33. The van der Waals surface area contributed by atoms with Crippen molar-refractivity contribution in [1.29, 1.82) is 0 Å². The highest BCUT2D eigenvalue weighted by Crippen LogP contribution is 2.06. The maximum Gasteiger partial charge on any atom is 0.303 e. The van der Waals surface area contributed by atoms with Crippen molar-refractivity contribution in [1.82, 2.24) is 0 Å². The summed E-state index contributed by atoms with van der Waals surface area (Å²) in [5.41, 5.74) is 1.08. The number of hydrogen-bond acceptors (Lipinski definition) is 1. The molecule has 2 nitrogen and oxygen atoms in total. The number of hydrogen-bond donors (Lipinski definition) is 1. The Hall–Kier alpha value is -1.31. The second-order valence-corrected chi connectivity index (χ2v) is 2.55. The summed E-state index contributed by atoms with van der Waals surface area (Å²) in [5.74, 6) is -0.748. The molecule has 0 aromatic heterocycles. The maximum atomic E-state index is 10.2. The molecule has 1 aromatic rings. The first kappa shape index (κ1) is 8.78. The van der Waals surface area contributed by atoms with Crippen molar-refractivity contribution in [2.24, 2.45) is 0 Å².